The molecule has 0 bridgehead atoms. The maximum absolute atomic E-state index is 12.6. The van der Waals surface area contributed by atoms with E-state index in [2.05, 4.69) is 15.6 Å². The van der Waals surface area contributed by atoms with Crippen LogP contribution in [0.4, 0.5) is 16.5 Å². The summed E-state index contributed by atoms with van der Waals surface area (Å²) in [6, 6.07) is 13.5. The largest absolute Gasteiger partial charge is 0.497 e. The quantitative estimate of drug-likeness (QED) is 0.661. The number of aromatic nitrogens is 1. The molecule has 0 saturated heterocycles. The number of aryl methyl sites for hydroxylation is 3. The Labute approximate surface area is 157 Å². The summed E-state index contributed by atoms with van der Waals surface area (Å²) in [5.74, 6) is 0.613. The zero-order chi connectivity index (χ0) is 18.7. The first-order chi connectivity index (χ1) is 12.5. The second kappa shape index (κ2) is 7.58. The minimum atomic E-state index is -0.148. The fraction of sp³-hybridized carbons (Fsp3) is 0.200. The molecule has 0 unspecified atom stereocenters. The van der Waals surface area contributed by atoms with Gasteiger partial charge in [0, 0.05) is 17.4 Å². The maximum atomic E-state index is 12.6. The van der Waals surface area contributed by atoms with Crippen LogP contribution < -0.4 is 15.4 Å². The summed E-state index contributed by atoms with van der Waals surface area (Å²) in [7, 11) is 1.63. The zero-order valence-electron chi connectivity index (χ0n) is 15.2. The highest BCUT2D eigenvalue weighted by Crippen LogP contribution is 2.28. The van der Waals surface area contributed by atoms with Crippen LogP contribution in [0.2, 0.25) is 0 Å². The van der Waals surface area contributed by atoms with Gasteiger partial charge in [0.15, 0.2) is 5.13 Å². The van der Waals surface area contributed by atoms with Crippen molar-refractivity contribution in [3.63, 3.8) is 0 Å². The molecule has 0 aliphatic carbocycles. The minimum Gasteiger partial charge on any atom is -0.497 e. The third kappa shape index (κ3) is 4.03. The van der Waals surface area contributed by atoms with E-state index in [1.807, 2.05) is 63.2 Å². The van der Waals surface area contributed by atoms with E-state index >= 15 is 0 Å². The van der Waals surface area contributed by atoms with Gasteiger partial charge >= 0.3 is 0 Å². The number of nitrogens with one attached hydrogen (secondary N) is 2. The molecule has 0 atom stereocenters. The number of carbonyl (C=O) groups is 1. The topological polar surface area (TPSA) is 63.2 Å². The predicted molar refractivity (Wildman–Crippen MR) is 107 cm³/mol. The van der Waals surface area contributed by atoms with Gasteiger partial charge in [-0.05, 0) is 44.5 Å². The lowest BCUT2D eigenvalue weighted by molar-refractivity contribution is 0.102. The first-order valence-corrected chi connectivity index (χ1v) is 9.05. The van der Waals surface area contributed by atoms with E-state index in [0.717, 1.165) is 22.7 Å². The molecule has 3 aromatic rings. The standard InChI is InChI=1S/C20H21N3O2S/c1-12-8-9-17(13(2)10-12)23-19(24)18-14(3)21-20(26-18)22-15-6-5-7-16(11-15)25-4/h5-11H,1-4H3,(H,21,22)(H,23,24). The minimum absolute atomic E-state index is 0.148. The molecular weight excluding hydrogens is 346 g/mol. The fourth-order valence-corrected chi connectivity index (χ4v) is 3.50. The SMILES string of the molecule is COc1cccc(Nc2nc(C)c(C(=O)Nc3ccc(C)cc3C)s2)c1. The molecule has 6 heteroatoms. The smallest absolute Gasteiger partial charge is 0.267 e. The number of hydrogen-bond acceptors (Lipinski definition) is 5. The van der Waals surface area contributed by atoms with Crippen molar-refractivity contribution >= 4 is 33.8 Å². The molecule has 1 amide bonds. The number of nitrogens with zero attached hydrogens (tertiary/aromatic N) is 1. The fourth-order valence-electron chi connectivity index (χ4n) is 2.62. The first kappa shape index (κ1) is 17.9. The van der Waals surface area contributed by atoms with Gasteiger partial charge in [0.2, 0.25) is 0 Å². The third-order valence-electron chi connectivity index (χ3n) is 3.95. The normalized spacial score (nSPS) is 10.5. The van der Waals surface area contributed by atoms with Gasteiger partial charge in [0.25, 0.3) is 5.91 Å². The summed E-state index contributed by atoms with van der Waals surface area (Å²) < 4.78 is 5.22. The van der Waals surface area contributed by atoms with E-state index in [9.17, 15) is 4.79 Å². The Morgan fingerprint density at radius 3 is 2.65 bits per heavy atom. The van der Waals surface area contributed by atoms with Crippen LogP contribution in [0, 0.1) is 20.8 Å². The van der Waals surface area contributed by atoms with Crippen molar-refractivity contribution in [1.82, 2.24) is 4.98 Å². The third-order valence-corrected chi connectivity index (χ3v) is 5.03. The van der Waals surface area contributed by atoms with Crippen molar-refractivity contribution in [1.29, 1.82) is 0 Å². The van der Waals surface area contributed by atoms with Gasteiger partial charge in [-0.2, -0.15) is 0 Å². The predicted octanol–water partition coefficient (Wildman–Crippen LogP) is 5.07. The number of benzene rings is 2. The van der Waals surface area contributed by atoms with Crippen LogP contribution in [0.5, 0.6) is 5.75 Å². The van der Waals surface area contributed by atoms with Crippen LogP contribution in [-0.2, 0) is 0 Å². The molecule has 0 radical (unpaired) electrons. The van der Waals surface area contributed by atoms with Gasteiger partial charge in [-0.25, -0.2) is 4.98 Å². The molecule has 1 aromatic heterocycles. The first-order valence-electron chi connectivity index (χ1n) is 8.23. The van der Waals surface area contributed by atoms with Crippen LogP contribution in [0.3, 0.4) is 0 Å². The second-order valence-corrected chi connectivity index (χ2v) is 7.06. The van der Waals surface area contributed by atoms with E-state index in [1.165, 1.54) is 16.9 Å². The highest BCUT2D eigenvalue weighted by atomic mass is 32.1. The zero-order valence-corrected chi connectivity index (χ0v) is 16.0. The molecule has 2 aromatic carbocycles. The van der Waals surface area contributed by atoms with Crippen molar-refractivity contribution in [2.24, 2.45) is 0 Å². The van der Waals surface area contributed by atoms with Gasteiger partial charge in [-0.15, -0.1) is 0 Å². The molecule has 1 heterocycles. The van der Waals surface area contributed by atoms with Gasteiger partial charge < -0.3 is 15.4 Å². The molecule has 2 N–H and O–H groups in total. The number of ether oxygens (including phenoxy) is 1. The summed E-state index contributed by atoms with van der Waals surface area (Å²) in [4.78, 5) is 17.7. The molecule has 5 nitrogen and oxygen atoms in total. The van der Waals surface area contributed by atoms with Gasteiger partial charge in [0.05, 0.1) is 12.8 Å². The molecule has 134 valence electrons. The average molecular weight is 367 g/mol. The van der Waals surface area contributed by atoms with E-state index < -0.39 is 0 Å². The van der Waals surface area contributed by atoms with Crippen LogP contribution >= 0.6 is 11.3 Å². The molecule has 0 spiro atoms. The molecule has 26 heavy (non-hydrogen) atoms. The lowest BCUT2D eigenvalue weighted by Gasteiger charge is -2.08. The molecule has 0 saturated carbocycles. The van der Waals surface area contributed by atoms with E-state index in [0.29, 0.717) is 15.7 Å². The number of thiazole rings is 1. The molecular formula is C20H21N3O2S. The van der Waals surface area contributed by atoms with Crippen LogP contribution in [0.25, 0.3) is 0 Å². The summed E-state index contributed by atoms with van der Waals surface area (Å²) in [6.45, 7) is 5.85. The number of rotatable bonds is 5. The van der Waals surface area contributed by atoms with E-state index in [4.69, 9.17) is 4.74 Å². The summed E-state index contributed by atoms with van der Waals surface area (Å²) in [5.41, 5.74) is 4.58. The Morgan fingerprint density at radius 1 is 1.12 bits per heavy atom. The van der Waals surface area contributed by atoms with Gasteiger partial charge in [0.1, 0.15) is 10.6 Å². The number of hydrogen-bond donors (Lipinski definition) is 2. The molecule has 0 aliphatic rings. The Kier molecular flexibility index (Phi) is 5.23. The monoisotopic (exact) mass is 367 g/mol. The highest BCUT2D eigenvalue weighted by Gasteiger charge is 2.16. The number of methoxy groups -OCH3 is 1. The number of amides is 1. The molecule has 0 aliphatic heterocycles. The average Bonchev–Trinajstić information content (AvgIpc) is 2.98. The highest BCUT2D eigenvalue weighted by molar-refractivity contribution is 7.17. The second-order valence-electron chi connectivity index (χ2n) is 6.06. The maximum Gasteiger partial charge on any atom is 0.267 e. The Balaban J connectivity index is 1.77. The lowest BCUT2D eigenvalue weighted by atomic mass is 10.1. The Morgan fingerprint density at radius 2 is 1.92 bits per heavy atom. The van der Waals surface area contributed by atoms with Crippen LogP contribution in [0.15, 0.2) is 42.5 Å². The Bertz CT molecular complexity index is 950. The van der Waals surface area contributed by atoms with Gasteiger partial charge in [-0.1, -0.05) is 35.1 Å². The van der Waals surface area contributed by atoms with Crippen molar-refractivity contribution in [2.45, 2.75) is 20.8 Å². The molecule has 3 rings (SSSR count). The van der Waals surface area contributed by atoms with Gasteiger partial charge in [-0.3, -0.25) is 4.79 Å². The summed E-state index contributed by atoms with van der Waals surface area (Å²) >= 11 is 1.33. The number of anilines is 3. The van der Waals surface area contributed by atoms with Crippen molar-refractivity contribution in [3.8, 4) is 5.75 Å². The van der Waals surface area contributed by atoms with E-state index in [-0.39, 0.29) is 5.91 Å². The van der Waals surface area contributed by atoms with Crippen molar-refractivity contribution in [3.05, 3.63) is 64.2 Å². The van der Waals surface area contributed by atoms with Crippen LogP contribution in [0.1, 0.15) is 26.5 Å². The summed E-state index contributed by atoms with van der Waals surface area (Å²) in [5, 5.41) is 6.87. The van der Waals surface area contributed by atoms with Crippen molar-refractivity contribution in [2.75, 3.05) is 17.7 Å². The summed E-state index contributed by atoms with van der Waals surface area (Å²) in [6.07, 6.45) is 0. The lowest BCUT2D eigenvalue weighted by Crippen LogP contribution is -2.12. The van der Waals surface area contributed by atoms with Crippen LogP contribution in [-0.4, -0.2) is 18.0 Å². The van der Waals surface area contributed by atoms with E-state index in [1.54, 1.807) is 7.11 Å². The van der Waals surface area contributed by atoms with Crippen molar-refractivity contribution < 1.29 is 9.53 Å². The Hall–Kier alpha value is -2.86. The molecule has 0 fully saturated rings. The number of carbonyl (C=O) groups excluding carboxylic acids is 1.